The van der Waals surface area contributed by atoms with E-state index in [1.165, 1.54) is 17.0 Å². The molecule has 1 heterocycles. The molecular formula is C25H22N4O8. The molecule has 0 saturated heterocycles. The van der Waals surface area contributed by atoms with Crippen molar-refractivity contribution >= 4 is 34.6 Å². The third-order valence-electron chi connectivity index (χ3n) is 5.56. The third kappa shape index (κ3) is 5.99. The van der Waals surface area contributed by atoms with Gasteiger partial charge in [0.15, 0.2) is 6.61 Å². The number of non-ortho nitro benzene ring substituents is 2. The highest BCUT2D eigenvalue weighted by Gasteiger charge is 2.26. The van der Waals surface area contributed by atoms with Crippen molar-refractivity contribution in [1.29, 1.82) is 0 Å². The van der Waals surface area contributed by atoms with E-state index in [9.17, 15) is 29.8 Å². The Morgan fingerprint density at radius 2 is 1.70 bits per heavy atom. The van der Waals surface area contributed by atoms with Crippen LogP contribution in [0.15, 0.2) is 60.7 Å². The molecule has 0 unspecified atom stereocenters. The van der Waals surface area contributed by atoms with E-state index in [0.29, 0.717) is 31.0 Å². The first-order chi connectivity index (χ1) is 17.7. The van der Waals surface area contributed by atoms with E-state index in [1.807, 2.05) is 31.2 Å². The molecule has 0 atom stereocenters. The number of nitro benzene ring substituents is 2. The molecule has 0 saturated carbocycles. The number of nitrogens with zero attached hydrogens (tertiary/aromatic N) is 3. The van der Waals surface area contributed by atoms with Crippen molar-refractivity contribution in [3.05, 3.63) is 92.0 Å². The molecule has 0 fully saturated rings. The second-order valence-electron chi connectivity index (χ2n) is 8.24. The summed E-state index contributed by atoms with van der Waals surface area (Å²) >= 11 is 0. The maximum atomic E-state index is 12.8. The third-order valence-corrected chi connectivity index (χ3v) is 5.56. The van der Waals surface area contributed by atoms with Gasteiger partial charge < -0.3 is 19.7 Å². The molecule has 0 aromatic heterocycles. The summed E-state index contributed by atoms with van der Waals surface area (Å²) < 4.78 is 11.2. The summed E-state index contributed by atoms with van der Waals surface area (Å²) in [6.07, 6.45) is 0.535. The van der Waals surface area contributed by atoms with Gasteiger partial charge in [0, 0.05) is 24.4 Å². The van der Waals surface area contributed by atoms with Gasteiger partial charge in [0.2, 0.25) is 0 Å². The van der Waals surface area contributed by atoms with E-state index in [1.54, 1.807) is 6.07 Å². The number of nitro groups is 2. The number of benzene rings is 3. The molecule has 12 nitrogen and oxygen atoms in total. The van der Waals surface area contributed by atoms with E-state index in [0.717, 1.165) is 29.5 Å². The molecule has 0 bridgehead atoms. The van der Waals surface area contributed by atoms with Gasteiger partial charge >= 0.3 is 0 Å². The smallest absolute Gasteiger partial charge is 0.277 e. The molecule has 0 radical (unpaired) electrons. The van der Waals surface area contributed by atoms with E-state index < -0.39 is 27.1 Å². The highest BCUT2D eigenvalue weighted by molar-refractivity contribution is 6.06. The zero-order chi connectivity index (χ0) is 26.5. The summed E-state index contributed by atoms with van der Waals surface area (Å²) in [7, 11) is 0. The standard InChI is InChI=1S/C25H22N4O8/c1-16-3-6-21(7-4-16)36-10-2-9-27-22-13-18(5-8-23(22)37-15-24(27)30)26-25(31)17-11-19(28(32)33)14-20(12-17)29(34)35/h3-8,11-14H,2,9-10,15H2,1H3,(H,26,31). The predicted molar refractivity (Wildman–Crippen MR) is 133 cm³/mol. The summed E-state index contributed by atoms with van der Waals surface area (Å²) in [6.45, 7) is 2.57. The molecule has 12 heteroatoms. The second-order valence-corrected chi connectivity index (χ2v) is 8.24. The number of ether oxygens (including phenoxy) is 2. The minimum Gasteiger partial charge on any atom is -0.494 e. The maximum absolute atomic E-state index is 12.8. The molecular weight excluding hydrogens is 484 g/mol. The van der Waals surface area contributed by atoms with Crippen LogP contribution >= 0.6 is 0 Å². The molecule has 0 aliphatic carbocycles. The van der Waals surface area contributed by atoms with Crippen LogP contribution in [0.3, 0.4) is 0 Å². The van der Waals surface area contributed by atoms with E-state index in [2.05, 4.69) is 5.32 Å². The number of fused-ring (bicyclic) bond motifs is 1. The molecule has 1 aliphatic heterocycles. The first-order valence-electron chi connectivity index (χ1n) is 11.2. The van der Waals surface area contributed by atoms with Crippen molar-refractivity contribution in [2.45, 2.75) is 13.3 Å². The second kappa shape index (κ2) is 10.7. The fraction of sp³-hybridized carbons (Fsp3) is 0.200. The van der Waals surface area contributed by atoms with Crippen LogP contribution in [0.1, 0.15) is 22.3 Å². The molecule has 3 aromatic carbocycles. The Morgan fingerprint density at radius 1 is 1.03 bits per heavy atom. The Balaban J connectivity index is 1.47. The lowest BCUT2D eigenvalue weighted by molar-refractivity contribution is -0.394. The van der Waals surface area contributed by atoms with Crippen molar-refractivity contribution in [2.24, 2.45) is 0 Å². The highest BCUT2D eigenvalue weighted by atomic mass is 16.6. The van der Waals surface area contributed by atoms with Crippen molar-refractivity contribution in [2.75, 3.05) is 30.0 Å². The van der Waals surface area contributed by atoms with Crippen LogP contribution in [-0.4, -0.2) is 41.4 Å². The first-order valence-corrected chi connectivity index (χ1v) is 11.2. The average molecular weight is 506 g/mol. The minimum atomic E-state index is -0.813. The summed E-state index contributed by atoms with van der Waals surface area (Å²) in [6, 6.07) is 15.0. The van der Waals surface area contributed by atoms with Gasteiger partial charge in [0.1, 0.15) is 11.5 Å². The number of carbonyl (C=O) groups excluding carboxylic acids is 2. The Labute approximate surface area is 210 Å². The number of rotatable bonds is 9. The van der Waals surface area contributed by atoms with E-state index in [-0.39, 0.29) is 23.8 Å². The number of carbonyl (C=O) groups is 2. The van der Waals surface area contributed by atoms with E-state index in [4.69, 9.17) is 9.47 Å². The number of hydrogen-bond donors (Lipinski definition) is 1. The van der Waals surface area contributed by atoms with Gasteiger partial charge in [-0.3, -0.25) is 29.8 Å². The first kappa shape index (κ1) is 25.1. The molecule has 2 amide bonds. The van der Waals surface area contributed by atoms with Crippen molar-refractivity contribution in [1.82, 2.24) is 0 Å². The molecule has 190 valence electrons. The van der Waals surface area contributed by atoms with Gasteiger partial charge in [-0.05, 0) is 43.7 Å². The predicted octanol–water partition coefficient (Wildman–Crippen LogP) is 4.26. The molecule has 1 aliphatic rings. The van der Waals surface area contributed by atoms with Crippen molar-refractivity contribution in [3.63, 3.8) is 0 Å². The summed E-state index contributed by atoms with van der Waals surface area (Å²) in [5.74, 6) is 0.127. The monoisotopic (exact) mass is 506 g/mol. The molecule has 4 rings (SSSR count). The van der Waals surface area contributed by atoms with Crippen LogP contribution in [0.4, 0.5) is 22.7 Å². The van der Waals surface area contributed by atoms with Crippen LogP contribution in [0, 0.1) is 27.2 Å². The van der Waals surface area contributed by atoms with Crippen LogP contribution < -0.4 is 19.7 Å². The van der Waals surface area contributed by atoms with Gasteiger partial charge in [0.25, 0.3) is 23.2 Å². The maximum Gasteiger partial charge on any atom is 0.277 e. The lowest BCUT2D eigenvalue weighted by atomic mass is 10.1. The van der Waals surface area contributed by atoms with Crippen LogP contribution in [0.5, 0.6) is 11.5 Å². The lowest BCUT2D eigenvalue weighted by Crippen LogP contribution is -2.39. The van der Waals surface area contributed by atoms with Crippen LogP contribution in [0.25, 0.3) is 0 Å². The Hall–Kier alpha value is -5.00. The number of amides is 2. The number of anilines is 2. The van der Waals surface area contributed by atoms with Gasteiger partial charge in [-0.2, -0.15) is 0 Å². The van der Waals surface area contributed by atoms with Crippen LogP contribution in [-0.2, 0) is 4.79 Å². The number of nitrogens with one attached hydrogen (secondary N) is 1. The fourth-order valence-electron chi connectivity index (χ4n) is 3.71. The number of aryl methyl sites for hydroxylation is 1. The highest BCUT2D eigenvalue weighted by Crippen LogP contribution is 2.35. The van der Waals surface area contributed by atoms with Crippen molar-refractivity contribution in [3.8, 4) is 11.5 Å². The Kier molecular flexibility index (Phi) is 7.28. The molecule has 37 heavy (non-hydrogen) atoms. The average Bonchev–Trinajstić information content (AvgIpc) is 2.88. The van der Waals surface area contributed by atoms with Gasteiger partial charge in [-0.1, -0.05) is 17.7 Å². The van der Waals surface area contributed by atoms with Crippen LogP contribution in [0.2, 0.25) is 0 Å². The minimum absolute atomic E-state index is 0.130. The van der Waals surface area contributed by atoms with Gasteiger partial charge in [0.05, 0.1) is 33.8 Å². The Morgan fingerprint density at radius 3 is 2.35 bits per heavy atom. The molecule has 0 spiro atoms. The summed E-state index contributed by atoms with van der Waals surface area (Å²) in [4.78, 5) is 47.5. The summed E-state index contributed by atoms with van der Waals surface area (Å²) in [5.41, 5.74) is 0.419. The SMILES string of the molecule is Cc1ccc(OCCCN2C(=O)COc3ccc(NC(=O)c4cc([N+](=O)[O-])cc([N+](=O)[O-])c4)cc32)cc1. The Bertz CT molecular complexity index is 1340. The van der Waals surface area contributed by atoms with Gasteiger partial charge in [-0.15, -0.1) is 0 Å². The zero-order valence-electron chi connectivity index (χ0n) is 19.7. The topological polar surface area (TPSA) is 154 Å². The largest absolute Gasteiger partial charge is 0.494 e. The van der Waals surface area contributed by atoms with E-state index >= 15 is 0 Å². The number of hydrogen-bond acceptors (Lipinski definition) is 8. The fourth-order valence-corrected chi connectivity index (χ4v) is 3.71. The van der Waals surface area contributed by atoms with Crippen molar-refractivity contribution < 1.29 is 28.9 Å². The zero-order valence-corrected chi connectivity index (χ0v) is 19.7. The molecule has 1 N–H and O–H groups in total. The normalized spacial score (nSPS) is 12.4. The molecule has 3 aromatic rings. The quantitative estimate of drug-likeness (QED) is 0.256. The lowest BCUT2D eigenvalue weighted by Gasteiger charge is -2.30. The van der Waals surface area contributed by atoms with Gasteiger partial charge in [-0.25, -0.2) is 0 Å². The summed E-state index contributed by atoms with van der Waals surface area (Å²) in [5, 5.41) is 24.8.